The Balaban J connectivity index is 2.06. The number of likely N-dealkylation sites (tertiary alicyclic amines) is 1. The number of rotatable bonds is 8. The van der Waals surface area contributed by atoms with E-state index < -0.39 is 0 Å². The monoisotopic (exact) mass is 241 g/mol. The fourth-order valence-corrected chi connectivity index (χ4v) is 2.61. The molecule has 3 heteroatoms. The smallest absolute Gasteiger partial charge is 0.00508 e. The second-order valence-electron chi connectivity index (χ2n) is 5.82. The number of nitrogens with zero attached hydrogens (tertiary/aromatic N) is 2. The molecule has 0 aromatic rings. The Morgan fingerprint density at radius 1 is 1.47 bits per heavy atom. The van der Waals surface area contributed by atoms with Gasteiger partial charge in [0, 0.05) is 19.1 Å². The van der Waals surface area contributed by atoms with Crippen molar-refractivity contribution in [2.75, 3.05) is 46.8 Å². The van der Waals surface area contributed by atoms with E-state index in [2.05, 4.69) is 43.1 Å². The maximum Gasteiger partial charge on any atom is 0.00508 e. The van der Waals surface area contributed by atoms with E-state index in [1.165, 1.54) is 45.4 Å². The molecule has 0 aromatic heterocycles. The maximum atomic E-state index is 3.55. The normalized spacial score (nSPS) is 23.5. The third-order valence-corrected chi connectivity index (χ3v) is 3.75. The van der Waals surface area contributed by atoms with E-state index in [9.17, 15) is 0 Å². The summed E-state index contributed by atoms with van der Waals surface area (Å²) in [5.74, 6) is 0.893. The first-order valence-corrected chi connectivity index (χ1v) is 7.22. The summed E-state index contributed by atoms with van der Waals surface area (Å²) in [7, 11) is 4.50. The van der Waals surface area contributed by atoms with Crippen LogP contribution in [0.3, 0.4) is 0 Å². The van der Waals surface area contributed by atoms with Crippen LogP contribution in [0.25, 0.3) is 0 Å². The van der Waals surface area contributed by atoms with Gasteiger partial charge in [-0.05, 0) is 65.8 Å². The van der Waals surface area contributed by atoms with Crippen LogP contribution in [-0.2, 0) is 0 Å². The highest BCUT2D eigenvalue weighted by atomic mass is 15.1. The topological polar surface area (TPSA) is 18.5 Å². The van der Waals surface area contributed by atoms with Crippen LogP contribution in [0.2, 0.25) is 0 Å². The van der Waals surface area contributed by atoms with Gasteiger partial charge in [-0.25, -0.2) is 0 Å². The Kier molecular flexibility index (Phi) is 7.09. The lowest BCUT2D eigenvalue weighted by atomic mass is 10.1. The Labute approximate surface area is 108 Å². The van der Waals surface area contributed by atoms with E-state index in [-0.39, 0.29) is 0 Å². The van der Waals surface area contributed by atoms with Crippen molar-refractivity contribution in [3.8, 4) is 0 Å². The van der Waals surface area contributed by atoms with Crippen molar-refractivity contribution in [3.05, 3.63) is 0 Å². The molecule has 0 amide bonds. The molecule has 1 heterocycles. The van der Waals surface area contributed by atoms with Crippen LogP contribution in [0.1, 0.15) is 33.1 Å². The van der Waals surface area contributed by atoms with Gasteiger partial charge in [0.25, 0.3) is 0 Å². The largest absolute Gasteiger partial charge is 0.314 e. The zero-order valence-electron chi connectivity index (χ0n) is 12.2. The van der Waals surface area contributed by atoms with E-state index in [4.69, 9.17) is 0 Å². The minimum absolute atomic E-state index is 0.656. The molecule has 17 heavy (non-hydrogen) atoms. The highest BCUT2D eigenvalue weighted by Gasteiger charge is 2.20. The lowest BCUT2D eigenvalue weighted by Gasteiger charge is -2.23. The first-order chi connectivity index (χ1) is 8.11. The molecule has 0 bridgehead atoms. The molecule has 2 atom stereocenters. The Morgan fingerprint density at radius 2 is 2.24 bits per heavy atom. The lowest BCUT2D eigenvalue weighted by Crippen LogP contribution is -2.33. The van der Waals surface area contributed by atoms with Gasteiger partial charge in [-0.3, -0.25) is 0 Å². The van der Waals surface area contributed by atoms with Crippen molar-refractivity contribution in [3.63, 3.8) is 0 Å². The van der Waals surface area contributed by atoms with E-state index in [1.54, 1.807) is 0 Å². The molecule has 2 unspecified atom stereocenters. The minimum atomic E-state index is 0.656. The molecule has 1 aliphatic rings. The summed E-state index contributed by atoms with van der Waals surface area (Å²) in [5.41, 5.74) is 0. The van der Waals surface area contributed by atoms with Crippen molar-refractivity contribution >= 4 is 0 Å². The van der Waals surface area contributed by atoms with Crippen molar-refractivity contribution < 1.29 is 0 Å². The molecule has 1 rings (SSSR count). The molecule has 102 valence electrons. The predicted octanol–water partition coefficient (Wildman–Crippen LogP) is 1.65. The zero-order valence-corrected chi connectivity index (χ0v) is 12.2. The van der Waals surface area contributed by atoms with Gasteiger partial charge in [-0.2, -0.15) is 0 Å². The van der Waals surface area contributed by atoms with Crippen LogP contribution in [0.15, 0.2) is 0 Å². The molecule has 1 saturated heterocycles. The van der Waals surface area contributed by atoms with E-state index in [1.807, 2.05) is 0 Å². The van der Waals surface area contributed by atoms with Gasteiger partial charge < -0.3 is 15.1 Å². The number of nitrogens with one attached hydrogen (secondary N) is 1. The van der Waals surface area contributed by atoms with Gasteiger partial charge in [-0.15, -0.1) is 0 Å². The van der Waals surface area contributed by atoms with Gasteiger partial charge >= 0.3 is 0 Å². The van der Waals surface area contributed by atoms with Crippen molar-refractivity contribution in [1.82, 2.24) is 15.1 Å². The summed E-state index contributed by atoms with van der Waals surface area (Å²) in [6.45, 7) is 10.7. The van der Waals surface area contributed by atoms with Gasteiger partial charge in [0.2, 0.25) is 0 Å². The third kappa shape index (κ3) is 6.39. The van der Waals surface area contributed by atoms with E-state index >= 15 is 0 Å². The molecular formula is C14H31N3. The fraction of sp³-hybridized carbons (Fsp3) is 1.00. The molecule has 0 aromatic carbocycles. The van der Waals surface area contributed by atoms with Crippen molar-refractivity contribution in [2.24, 2.45) is 5.92 Å². The number of hydrogen-bond acceptors (Lipinski definition) is 3. The number of hydrogen-bond donors (Lipinski definition) is 1. The maximum absolute atomic E-state index is 3.55. The SMILES string of the molecule is CCCNC(C)CCN(C)CC1CCN(C)C1. The molecule has 0 saturated carbocycles. The molecule has 1 fully saturated rings. The highest BCUT2D eigenvalue weighted by Crippen LogP contribution is 2.15. The van der Waals surface area contributed by atoms with Crippen LogP contribution < -0.4 is 5.32 Å². The Morgan fingerprint density at radius 3 is 2.82 bits per heavy atom. The first-order valence-electron chi connectivity index (χ1n) is 7.22. The molecule has 0 radical (unpaired) electrons. The van der Waals surface area contributed by atoms with Gasteiger partial charge in [0.05, 0.1) is 0 Å². The van der Waals surface area contributed by atoms with Crippen LogP contribution in [0, 0.1) is 5.92 Å². The van der Waals surface area contributed by atoms with Gasteiger partial charge in [-0.1, -0.05) is 6.92 Å². The standard InChI is InChI=1S/C14H31N3/c1-5-8-15-13(2)6-9-16(3)11-14-7-10-17(4)12-14/h13-15H,5-12H2,1-4H3. The summed E-state index contributed by atoms with van der Waals surface area (Å²) in [6.07, 6.45) is 3.87. The van der Waals surface area contributed by atoms with Crippen LogP contribution in [0.5, 0.6) is 0 Å². The van der Waals surface area contributed by atoms with Crippen LogP contribution in [-0.4, -0.2) is 62.7 Å². The summed E-state index contributed by atoms with van der Waals surface area (Å²) in [5, 5.41) is 3.55. The lowest BCUT2D eigenvalue weighted by molar-refractivity contribution is 0.261. The second kappa shape index (κ2) is 8.06. The average molecular weight is 241 g/mol. The molecule has 0 spiro atoms. The first kappa shape index (κ1) is 14.9. The van der Waals surface area contributed by atoms with E-state index in [0.29, 0.717) is 6.04 Å². The summed E-state index contributed by atoms with van der Waals surface area (Å²) in [6, 6.07) is 0.656. The predicted molar refractivity (Wildman–Crippen MR) is 75.5 cm³/mol. The summed E-state index contributed by atoms with van der Waals surface area (Å²) < 4.78 is 0. The molecule has 3 nitrogen and oxygen atoms in total. The molecule has 0 aliphatic carbocycles. The second-order valence-corrected chi connectivity index (χ2v) is 5.82. The highest BCUT2D eigenvalue weighted by molar-refractivity contribution is 4.75. The summed E-state index contributed by atoms with van der Waals surface area (Å²) in [4.78, 5) is 4.96. The Hall–Kier alpha value is -0.120. The fourth-order valence-electron chi connectivity index (χ4n) is 2.61. The van der Waals surface area contributed by atoms with Crippen LogP contribution in [0.4, 0.5) is 0 Å². The van der Waals surface area contributed by atoms with Crippen molar-refractivity contribution in [2.45, 2.75) is 39.2 Å². The van der Waals surface area contributed by atoms with E-state index in [0.717, 1.165) is 12.5 Å². The third-order valence-electron chi connectivity index (χ3n) is 3.75. The molecule has 1 aliphatic heterocycles. The molecule has 1 N–H and O–H groups in total. The molecular weight excluding hydrogens is 210 g/mol. The van der Waals surface area contributed by atoms with Gasteiger partial charge in [0.15, 0.2) is 0 Å². The zero-order chi connectivity index (χ0) is 12.7. The Bertz CT molecular complexity index is 196. The quantitative estimate of drug-likeness (QED) is 0.697. The van der Waals surface area contributed by atoms with Crippen molar-refractivity contribution in [1.29, 1.82) is 0 Å². The minimum Gasteiger partial charge on any atom is -0.314 e. The summed E-state index contributed by atoms with van der Waals surface area (Å²) >= 11 is 0. The van der Waals surface area contributed by atoms with Crippen LogP contribution >= 0.6 is 0 Å². The van der Waals surface area contributed by atoms with Gasteiger partial charge in [0.1, 0.15) is 0 Å². The average Bonchev–Trinajstić information content (AvgIpc) is 2.69.